The van der Waals surface area contributed by atoms with Crippen molar-refractivity contribution in [3.05, 3.63) is 95.9 Å². The first-order valence-electron chi connectivity index (χ1n) is 22.5. The topological polar surface area (TPSA) is 189 Å². The zero-order valence-electron chi connectivity index (χ0n) is 38.7. The molecular weight excluding hydrogens is 825 g/mol. The lowest BCUT2D eigenvalue weighted by Gasteiger charge is -2.38. The lowest BCUT2D eigenvalue weighted by molar-refractivity contribution is -0.145. The summed E-state index contributed by atoms with van der Waals surface area (Å²) in [6.45, 7) is 13.4. The minimum Gasteiger partial charge on any atom is -0.494 e. The summed E-state index contributed by atoms with van der Waals surface area (Å²) < 4.78 is 13.7. The first kappa shape index (κ1) is 46.4. The van der Waals surface area contributed by atoms with Crippen molar-refractivity contribution in [1.82, 2.24) is 40.5 Å². The molecule has 0 aliphatic carbocycles. The second kappa shape index (κ2) is 20.1. The fraction of sp³-hybridized carbons (Fsp3) is 0.449. The molecule has 4 N–H and O–H groups in total. The predicted octanol–water partition coefficient (Wildman–Crippen LogP) is 6.33. The Kier molecular flexibility index (Phi) is 14.4. The Hall–Kier alpha value is -6.55. The number of nitrogens with zero attached hydrogens (tertiary/aromatic N) is 6. The number of hydrogen-bond donors (Lipinski definition) is 4. The number of amides is 4. The van der Waals surface area contributed by atoms with Gasteiger partial charge in [0.15, 0.2) is 0 Å². The quantitative estimate of drug-likeness (QED) is 0.0926. The van der Waals surface area contributed by atoms with Gasteiger partial charge in [-0.05, 0) is 91.5 Å². The van der Waals surface area contributed by atoms with Crippen LogP contribution in [0.3, 0.4) is 0 Å². The van der Waals surface area contributed by atoms with Crippen LogP contribution in [-0.2, 0) is 32.6 Å². The van der Waals surface area contributed by atoms with Gasteiger partial charge in [-0.25, -0.2) is 4.98 Å². The molecule has 0 saturated carbocycles. The Bertz CT molecular complexity index is 2470. The summed E-state index contributed by atoms with van der Waals surface area (Å²) in [5.41, 5.74) is 6.34. The number of piperidine rings is 1. The van der Waals surface area contributed by atoms with E-state index < -0.39 is 17.5 Å². The van der Waals surface area contributed by atoms with Crippen LogP contribution in [0.4, 0.5) is 11.4 Å². The van der Waals surface area contributed by atoms with Crippen LogP contribution in [0.15, 0.2) is 79.0 Å². The van der Waals surface area contributed by atoms with E-state index in [2.05, 4.69) is 48.1 Å². The molecule has 16 nitrogen and oxygen atoms in total. The number of benzene rings is 2. The van der Waals surface area contributed by atoms with Crippen LogP contribution in [-0.4, -0.2) is 105 Å². The molecule has 0 radical (unpaired) electrons. The summed E-state index contributed by atoms with van der Waals surface area (Å²) >= 11 is 0. The van der Waals surface area contributed by atoms with Gasteiger partial charge in [0.1, 0.15) is 30.1 Å². The van der Waals surface area contributed by atoms with Crippen LogP contribution in [0.1, 0.15) is 88.6 Å². The molecule has 2 aliphatic rings. The van der Waals surface area contributed by atoms with Crippen molar-refractivity contribution in [2.24, 2.45) is 18.4 Å². The molecule has 5 heterocycles. The largest absolute Gasteiger partial charge is 0.494 e. The second-order valence-corrected chi connectivity index (χ2v) is 18.2. The Morgan fingerprint density at radius 1 is 0.969 bits per heavy atom. The lowest BCUT2D eigenvalue weighted by Crippen LogP contribution is -2.58. The van der Waals surface area contributed by atoms with E-state index in [1.807, 2.05) is 107 Å². The molecule has 2 aliphatic heterocycles. The number of nitrogens with one attached hydrogen (secondary N) is 4. The van der Waals surface area contributed by atoms with Crippen molar-refractivity contribution in [3.63, 3.8) is 0 Å². The number of aromatic nitrogens is 5. The molecule has 2 saturated heterocycles. The molecule has 2 fully saturated rings. The smallest absolute Gasteiger partial charge is 0.274 e. The number of anilines is 2. The number of methoxy groups -OCH3 is 1. The number of likely N-dealkylation sites (tertiary alicyclic amines) is 1. The van der Waals surface area contributed by atoms with Crippen LogP contribution < -0.4 is 25.6 Å². The highest BCUT2D eigenvalue weighted by Crippen LogP contribution is 2.34. The molecule has 5 atom stereocenters. The van der Waals surface area contributed by atoms with Gasteiger partial charge in [-0.15, -0.1) is 0 Å². The number of carbonyl (C=O) groups excluding carboxylic acids is 4. The fourth-order valence-corrected chi connectivity index (χ4v) is 8.65. The Labute approximate surface area is 380 Å². The fourth-order valence-electron chi connectivity index (χ4n) is 8.65. The highest BCUT2D eigenvalue weighted by Gasteiger charge is 2.42. The maximum atomic E-state index is 14.2. The molecule has 4 amide bonds. The average Bonchev–Trinajstić information content (AvgIpc) is 4.09. The number of aromatic amines is 1. The molecule has 65 heavy (non-hydrogen) atoms. The average molecular weight is 887 g/mol. The van der Waals surface area contributed by atoms with Crippen molar-refractivity contribution in [3.8, 4) is 28.4 Å². The normalized spacial score (nSPS) is 18.5. The van der Waals surface area contributed by atoms with Crippen molar-refractivity contribution in [2.45, 2.75) is 91.5 Å². The predicted molar refractivity (Wildman–Crippen MR) is 249 cm³/mol. The van der Waals surface area contributed by atoms with Crippen LogP contribution in [0.2, 0.25) is 0 Å². The second-order valence-electron chi connectivity index (χ2n) is 18.2. The summed E-state index contributed by atoms with van der Waals surface area (Å²) in [5, 5.41) is 20.5. The van der Waals surface area contributed by atoms with E-state index in [4.69, 9.17) is 9.47 Å². The molecule has 2 aromatic carbocycles. The van der Waals surface area contributed by atoms with Gasteiger partial charge in [0.25, 0.3) is 5.91 Å². The van der Waals surface area contributed by atoms with Gasteiger partial charge >= 0.3 is 0 Å². The molecular formula is C49H62N10O6. The third-order valence-electron chi connectivity index (χ3n) is 12.4. The number of aryl methyl sites for hydroxylation is 2. The summed E-state index contributed by atoms with van der Waals surface area (Å²) in [6.07, 6.45) is 4.27. The molecule has 3 aromatic heterocycles. The SMILES string of the molecule is CCc1cc(-c2cccc(C(=O)Nc3ccc(N4CC[C@H](OCC(=O)N[C@H](C(=O)N5CCC[C@H]5C(=O)N[C@@H](C)c5ccc(-c6ccnn6C)cc5)C(C)(C)C)[C@H](C)C4)cc3OC)n2)[nH]n1. The van der Waals surface area contributed by atoms with Crippen LogP contribution >= 0.6 is 0 Å². The molecule has 7 rings (SSSR count). The minimum absolute atomic E-state index is 0.0776. The van der Waals surface area contributed by atoms with Crippen LogP contribution in [0.25, 0.3) is 22.6 Å². The Balaban J connectivity index is 0.902. The summed E-state index contributed by atoms with van der Waals surface area (Å²) in [7, 11) is 3.46. The van der Waals surface area contributed by atoms with Gasteiger partial charge < -0.3 is 35.2 Å². The number of rotatable bonds is 15. The van der Waals surface area contributed by atoms with E-state index in [1.54, 1.807) is 30.3 Å². The standard InChI is InChI=1S/C49H62N10O6/c1-9-34-26-39(56-55-34)36-12-10-13-38(52-36)46(61)53-37-20-19-35(27-43(37)64-8)58-25-22-42(30(2)28-58)65-29-44(60)54-45(49(4,5)6)48(63)59-24-11-14-41(59)47(62)51-31(3)32-15-17-33(18-16-32)40-21-23-50-57(40)7/h10,12-13,15-21,23,26-27,30-31,41-42,45H,9,11,14,22,24-25,28-29H2,1-8H3,(H,51,62)(H,53,61)(H,54,60)(H,55,56)/t30-,31+,41+,42+,45-/m1/s1. The van der Waals surface area contributed by atoms with Gasteiger partial charge in [-0.3, -0.25) is 29.0 Å². The number of carbonyl (C=O) groups is 4. The van der Waals surface area contributed by atoms with Crippen LogP contribution in [0, 0.1) is 11.3 Å². The van der Waals surface area contributed by atoms with Gasteiger partial charge in [0.2, 0.25) is 17.7 Å². The monoisotopic (exact) mass is 886 g/mol. The van der Waals surface area contributed by atoms with E-state index in [9.17, 15) is 19.2 Å². The van der Waals surface area contributed by atoms with Crippen molar-refractivity contribution >= 4 is 35.0 Å². The first-order chi connectivity index (χ1) is 31.1. The summed E-state index contributed by atoms with van der Waals surface area (Å²) in [5.74, 6) is -0.648. The third-order valence-corrected chi connectivity index (χ3v) is 12.4. The third kappa shape index (κ3) is 10.9. The summed E-state index contributed by atoms with van der Waals surface area (Å²) in [4.78, 5) is 63.1. The van der Waals surface area contributed by atoms with E-state index >= 15 is 0 Å². The van der Waals surface area contributed by atoms with E-state index in [-0.39, 0.29) is 54.0 Å². The van der Waals surface area contributed by atoms with E-state index in [1.165, 1.54) is 0 Å². The molecule has 0 bridgehead atoms. The zero-order chi connectivity index (χ0) is 46.4. The first-order valence-corrected chi connectivity index (χ1v) is 22.5. The number of ether oxygens (including phenoxy) is 2. The van der Waals surface area contributed by atoms with Crippen molar-refractivity contribution < 1.29 is 28.7 Å². The number of pyridine rings is 1. The van der Waals surface area contributed by atoms with Gasteiger partial charge in [0, 0.05) is 44.6 Å². The van der Waals surface area contributed by atoms with Crippen molar-refractivity contribution in [2.75, 3.05) is 43.6 Å². The Morgan fingerprint density at radius 3 is 2.43 bits per heavy atom. The molecule has 5 aromatic rings. The molecule has 0 spiro atoms. The van der Waals surface area contributed by atoms with Gasteiger partial charge in [0.05, 0.1) is 47.7 Å². The maximum Gasteiger partial charge on any atom is 0.274 e. The summed E-state index contributed by atoms with van der Waals surface area (Å²) in [6, 6.07) is 21.1. The van der Waals surface area contributed by atoms with E-state index in [0.29, 0.717) is 56.0 Å². The highest BCUT2D eigenvalue weighted by atomic mass is 16.5. The van der Waals surface area contributed by atoms with E-state index in [0.717, 1.165) is 40.3 Å². The maximum absolute atomic E-state index is 14.2. The Morgan fingerprint density at radius 2 is 1.75 bits per heavy atom. The number of H-pyrrole nitrogens is 1. The lowest BCUT2D eigenvalue weighted by atomic mass is 9.85. The van der Waals surface area contributed by atoms with Gasteiger partial charge in [-0.2, -0.15) is 10.2 Å². The van der Waals surface area contributed by atoms with Crippen LogP contribution in [0.5, 0.6) is 5.75 Å². The zero-order valence-corrected chi connectivity index (χ0v) is 38.7. The highest BCUT2D eigenvalue weighted by molar-refractivity contribution is 6.04. The number of hydrogen-bond acceptors (Lipinski definition) is 10. The minimum atomic E-state index is -0.858. The van der Waals surface area contributed by atoms with Gasteiger partial charge in [-0.1, -0.05) is 65.0 Å². The van der Waals surface area contributed by atoms with Crippen molar-refractivity contribution in [1.29, 1.82) is 0 Å². The molecule has 0 unspecified atom stereocenters. The molecule has 344 valence electrons. The molecule has 16 heteroatoms.